The number of nitrogens with zero attached hydrogens (tertiary/aromatic N) is 1. The Kier molecular flexibility index (Phi) is 4.13. The highest BCUT2D eigenvalue weighted by molar-refractivity contribution is 7.92. The van der Waals surface area contributed by atoms with Crippen molar-refractivity contribution >= 4 is 21.5 Å². The molecule has 112 valence electrons. The van der Waals surface area contributed by atoms with E-state index in [-0.39, 0.29) is 10.7 Å². The van der Waals surface area contributed by atoms with E-state index < -0.39 is 10.0 Å². The minimum Gasteiger partial charge on any atom is -0.294 e. The number of sulfonamides is 1. The Bertz CT molecular complexity index is 759. The van der Waals surface area contributed by atoms with Crippen LogP contribution in [-0.2, 0) is 10.0 Å². The van der Waals surface area contributed by atoms with Crippen molar-refractivity contribution in [2.75, 3.05) is 4.72 Å². The first-order valence-electron chi connectivity index (χ1n) is 6.52. The summed E-state index contributed by atoms with van der Waals surface area (Å²) in [5, 5.41) is 6.67. The first kappa shape index (κ1) is 15.2. The third kappa shape index (κ3) is 3.13. The minimum atomic E-state index is -3.75. The summed E-state index contributed by atoms with van der Waals surface area (Å²) in [6.07, 6.45) is 0.330. The van der Waals surface area contributed by atoms with E-state index in [4.69, 9.17) is 0 Å². The first-order chi connectivity index (χ1) is 9.85. The van der Waals surface area contributed by atoms with Crippen molar-refractivity contribution in [2.24, 2.45) is 0 Å². The zero-order valence-electron chi connectivity index (χ0n) is 12.1. The lowest BCUT2D eigenvalue weighted by Gasteiger charge is -2.09. The van der Waals surface area contributed by atoms with Crippen LogP contribution in [0.3, 0.4) is 0 Å². The predicted octanol–water partition coefficient (Wildman–Crippen LogP) is 2.42. The van der Waals surface area contributed by atoms with Gasteiger partial charge in [0.15, 0.2) is 5.78 Å². The van der Waals surface area contributed by atoms with Crippen LogP contribution < -0.4 is 4.72 Å². The van der Waals surface area contributed by atoms with Crippen LogP contribution in [0.5, 0.6) is 0 Å². The first-order valence-corrected chi connectivity index (χ1v) is 8.01. The monoisotopic (exact) mass is 307 g/mol. The van der Waals surface area contributed by atoms with Gasteiger partial charge in [-0.15, -0.1) is 0 Å². The van der Waals surface area contributed by atoms with Gasteiger partial charge >= 0.3 is 0 Å². The van der Waals surface area contributed by atoms with E-state index >= 15 is 0 Å². The number of carbonyl (C=O) groups excluding carboxylic acids is 1. The summed E-state index contributed by atoms with van der Waals surface area (Å²) in [5.41, 5.74) is 2.02. The molecule has 2 aromatic rings. The summed E-state index contributed by atoms with van der Waals surface area (Å²) in [4.78, 5) is 11.7. The maximum atomic E-state index is 12.4. The topological polar surface area (TPSA) is 91.9 Å². The molecule has 0 amide bonds. The largest absolute Gasteiger partial charge is 0.294 e. The van der Waals surface area contributed by atoms with Gasteiger partial charge in [-0.3, -0.25) is 14.6 Å². The fourth-order valence-electron chi connectivity index (χ4n) is 1.94. The van der Waals surface area contributed by atoms with Gasteiger partial charge in [-0.05, 0) is 26.0 Å². The molecule has 0 bridgehead atoms. The molecular weight excluding hydrogens is 290 g/mol. The SMILES string of the molecule is CCC(=O)c1cccc(S(=O)(=O)Nc2c(C)n[nH]c2C)c1. The molecule has 1 aromatic carbocycles. The summed E-state index contributed by atoms with van der Waals surface area (Å²) in [7, 11) is -3.75. The predicted molar refractivity (Wildman–Crippen MR) is 79.9 cm³/mol. The fourth-order valence-corrected chi connectivity index (χ4v) is 3.16. The van der Waals surface area contributed by atoms with Crippen molar-refractivity contribution in [1.29, 1.82) is 0 Å². The lowest BCUT2D eigenvalue weighted by atomic mass is 10.1. The highest BCUT2D eigenvalue weighted by Gasteiger charge is 2.19. The van der Waals surface area contributed by atoms with Crippen molar-refractivity contribution in [1.82, 2.24) is 10.2 Å². The zero-order valence-corrected chi connectivity index (χ0v) is 12.9. The molecule has 0 saturated heterocycles. The Morgan fingerprint density at radius 3 is 2.62 bits per heavy atom. The molecule has 7 heteroatoms. The number of aryl methyl sites for hydroxylation is 2. The Hall–Kier alpha value is -2.15. The van der Waals surface area contributed by atoms with E-state index in [1.165, 1.54) is 12.1 Å². The molecule has 0 aliphatic carbocycles. The molecule has 6 nitrogen and oxygen atoms in total. The smallest absolute Gasteiger partial charge is 0.262 e. The molecule has 0 radical (unpaired) electrons. The second-order valence-corrected chi connectivity index (χ2v) is 6.40. The summed E-state index contributed by atoms with van der Waals surface area (Å²) in [6.45, 7) is 5.17. The molecule has 0 fully saturated rings. The summed E-state index contributed by atoms with van der Waals surface area (Å²) < 4.78 is 27.3. The van der Waals surface area contributed by atoms with Crippen LogP contribution in [0.25, 0.3) is 0 Å². The summed E-state index contributed by atoms with van der Waals surface area (Å²) in [6, 6.07) is 6.02. The second-order valence-electron chi connectivity index (χ2n) is 4.72. The Morgan fingerprint density at radius 2 is 2.05 bits per heavy atom. The molecule has 0 aliphatic heterocycles. The van der Waals surface area contributed by atoms with Gasteiger partial charge in [0.2, 0.25) is 0 Å². The molecule has 1 aromatic heterocycles. The highest BCUT2D eigenvalue weighted by atomic mass is 32.2. The Balaban J connectivity index is 2.38. The molecule has 0 atom stereocenters. The number of ketones is 1. The molecule has 2 rings (SSSR count). The van der Waals surface area contributed by atoms with Crippen LogP contribution in [0.15, 0.2) is 29.2 Å². The number of benzene rings is 1. The maximum absolute atomic E-state index is 12.4. The fraction of sp³-hybridized carbons (Fsp3) is 0.286. The number of hydrogen-bond donors (Lipinski definition) is 2. The molecule has 0 spiro atoms. The average molecular weight is 307 g/mol. The van der Waals surface area contributed by atoms with Gasteiger partial charge in [0.1, 0.15) is 0 Å². The van der Waals surface area contributed by atoms with Gasteiger partial charge in [-0.2, -0.15) is 5.10 Å². The van der Waals surface area contributed by atoms with Gasteiger partial charge < -0.3 is 0 Å². The number of anilines is 1. The van der Waals surface area contributed by atoms with E-state index in [0.717, 1.165) is 0 Å². The van der Waals surface area contributed by atoms with Gasteiger partial charge in [0.05, 0.1) is 22.0 Å². The molecule has 2 N–H and O–H groups in total. The molecule has 0 aliphatic rings. The van der Waals surface area contributed by atoms with Gasteiger partial charge in [0.25, 0.3) is 10.0 Å². The Labute approximate surface area is 123 Å². The molecule has 0 saturated carbocycles. The van der Waals surface area contributed by atoms with E-state index in [1.54, 1.807) is 32.9 Å². The number of hydrogen-bond acceptors (Lipinski definition) is 4. The van der Waals surface area contributed by atoms with Crippen molar-refractivity contribution in [3.8, 4) is 0 Å². The molecule has 21 heavy (non-hydrogen) atoms. The molecule has 1 heterocycles. The van der Waals surface area contributed by atoms with Crippen LogP contribution in [-0.4, -0.2) is 24.4 Å². The molecular formula is C14H17N3O3S. The van der Waals surface area contributed by atoms with Crippen LogP contribution in [0, 0.1) is 13.8 Å². The lowest BCUT2D eigenvalue weighted by molar-refractivity contribution is 0.0988. The van der Waals surface area contributed by atoms with Crippen LogP contribution in [0.4, 0.5) is 5.69 Å². The number of carbonyl (C=O) groups is 1. The van der Waals surface area contributed by atoms with E-state index in [0.29, 0.717) is 29.1 Å². The van der Waals surface area contributed by atoms with E-state index in [2.05, 4.69) is 14.9 Å². The van der Waals surface area contributed by atoms with Crippen molar-refractivity contribution in [3.05, 3.63) is 41.2 Å². The number of Topliss-reactive ketones (excluding diaryl/α,β-unsaturated/α-hetero) is 1. The minimum absolute atomic E-state index is 0.0572. The summed E-state index contributed by atoms with van der Waals surface area (Å²) in [5.74, 6) is -0.0947. The van der Waals surface area contributed by atoms with Crippen molar-refractivity contribution in [3.63, 3.8) is 0 Å². The highest BCUT2D eigenvalue weighted by Crippen LogP contribution is 2.22. The van der Waals surface area contributed by atoms with Crippen LogP contribution in [0.1, 0.15) is 35.1 Å². The zero-order chi connectivity index (χ0) is 15.6. The quantitative estimate of drug-likeness (QED) is 0.830. The van der Waals surface area contributed by atoms with Gasteiger partial charge in [0, 0.05) is 12.0 Å². The molecule has 0 unspecified atom stereocenters. The standard InChI is InChI=1S/C14H17N3O3S/c1-4-13(18)11-6-5-7-12(8-11)21(19,20)17-14-9(2)15-16-10(14)3/h5-8,17H,4H2,1-3H3,(H,15,16). The number of rotatable bonds is 5. The second kappa shape index (κ2) is 5.69. The maximum Gasteiger partial charge on any atom is 0.262 e. The lowest BCUT2D eigenvalue weighted by Crippen LogP contribution is -2.14. The third-order valence-electron chi connectivity index (χ3n) is 3.15. The van der Waals surface area contributed by atoms with Crippen molar-refractivity contribution in [2.45, 2.75) is 32.1 Å². The van der Waals surface area contributed by atoms with Crippen molar-refractivity contribution < 1.29 is 13.2 Å². The van der Waals surface area contributed by atoms with E-state index in [9.17, 15) is 13.2 Å². The Morgan fingerprint density at radius 1 is 1.33 bits per heavy atom. The number of nitrogens with one attached hydrogen (secondary N) is 2. The normalized spacial score (nSPS) is 11.4. The third-order valence-corrected chi connectivity index (χ3v) is 4.50. The number of aromatic amines is 1. The number of H-pyrrole nitrogens is 1. The van der Waals surface area contributed by atoms with E-state index in [1.807, 2.05) is 0 Å². The number of aromatic nitrogens is 2. The van der Waals surface area contributed by atoms with Gasteiger partial charge in [-0.1, -0.05) is 19.1 Å². The average Bonchev–Trinajstić information content (AvgIpc) is 2.78. The van der Waals surface area contributed by atoms with Crippen LogP contribution >= 0.6 is 0 Å². The van der Waals surface area contributed by atoms with Crippen LogP contribution in [0.2, 0.25) is 0 Å². The summed E-state index contributed by atoms with van der Waals surface area (Å²) >= 11 is 0. The van der Waals surface area contributed by atoms with Gasteiger partial charge in [-0.25, -0.2) is 8.42 Å².